The minimum Gasteiger partial charge on any atom is -0.347 e. The second-order valence-corrected chi connectivity index (χ2v) is 8.12. The Labute approximate surface area is 168 Å². The van der Waals surface area contributed by atoms with Crippen LogP contribution < -0.4 is 5.32 Å². The van der Waals surface area contributed by atoms with Crippen molar-refractivity contribution >= 4 is 22.9 Å². The summed E-state index contributed by atoms with van der Waals surface area (Å²) in [7, 11) is 0. The van der Waals surface area contributed by atoms with Gasteiger partial charge in [-0.3, -0.25) is 4.79 Å². The number of benzene rings is 1. The maximum atomic E-state index is 12.6. The van der Waals surface area contributed by atoms with Crippen molar-refractivity contribution in [2.24, 2.45) is 0 Å². The number of aromatic nitrogens is 3. The first-order valence-corrected chi connectivity index (χ1v) is 10.2. The summed E-state index contributed by atoms with van der Waals surface area (Å²) in [5.74, 6) is 0.354. The van der Waals surface area contributed by atoms with Gasteiger partial charge in [0.05, 0.1) is 24.0 Å². The number of thiophene rings is 1. The second-order valence-electron chi connectivity index (χ2n) is 7.09. The number of nitrogens with zero attached hydrogens (tertiary/aromatic N) is 3. The molecule has 4 aromatic rings. The van der Waals surface area contributed by atoms with Crippen molar-refractivity contribution in [1.29, 1.82) is 0 Å². The van der Waals surface area contributed by atoms with E-state index in [4.69, 9.17) is 0 Å². The number of amides is 1. The van der Waals surface area contributed by atoms with Crippen LogP contribution in [0.4, 0.5) is 0 Å². The van der Waals surface area contributed by atoms with Crippen LogP contribution in [0.3, 0.4) is 0 Å². The second kappa shape index (κ2) is 7.56. The van der Waals surface area contributed by atoms with E-state index in [9.17, 15) is 4.79 Å². The van der Waals surface area contributed by atoms with Crippen LogP contribution in [-0.4, -0.2) is 20.5 Å². The van der Waals surface area contributed by atoms with E-state index in [0.717, 1.165) is 27.3 Å². The van der Waals surface area contributed by atoms with Crippen LogP contribution in [0, 0.1) is 6.92 Å². The molecule has 0 radical (unpaired) electrons. The molecule has 3 heterocycles. The van der Waals surface area contributed by atoms with Gasteiger partial charge in [0.25, 0.3) is 5.91 Å². The van der Waals surface area contributed by atoms with Gasteiger partial charge in [0, 0.05) is 16.6 Å². The molecule has 0 spiro atoms. The van der Waals surface area contributed by atoms with Crippen LogP contribution in [0.15, 0.2) is 54.2 Å². The standard InChI is InChI=1S/C22H22N4OS/c1-14(2)16-6-8-17(9-7-16)20-13-25-26-15(3)19(12-23-21(20)26)22(27)24-11-18-5-4-10-28-18/h4-10,12-14H,11H2,1-3H3,(H,24,27). The zero-order valence-corrected chi connectivity index (χ0v) is 17.0. The molecular weight excluding hydrogens is 368 g/mol. The van der Waals surface area contributed by atoms with Gasteiger partial charge in [-0.15, -0.1) is 11.3 Å². The minimum absolute atomic E-state index is 0.140. The fraction of sp³-hybridized carbons (Fsp3) is 0.227. The highest BCUT2D eigenvalue weighted by Gasteiger charge is 2.16. The van der Waals surface area contributed by atoms with Crippen LogP contribution in [0.25, 0.3) is 16.8 Å². The van der Waals surface area contributed by atoms with Gasteiger partial charge >= 0.3 is 0 Å². The van der Waals surface area contributed by atoms with Gasteiger partial charge < -0.3 is 5.32 Å². The third-order valence-electron chi connectivity index (χ3n) is 4.90. The Hall–Kier alpha value is -2.99. The molecule has 142 valence electrons. The maximum Gasteiger partial charge on any atom is 0.254 e. The summed E-state index contributed by atoms with van der Waals surface area (Å²) in [6.07, 6.45) is 3.45. The molecule has 0 aliphatic carbocycles. The molecule has 0 bridgehead atoms. The Morgan fingerprint density at radius 2 is 1.96 bits per heavy atom. The molecular formula is C22H22N4OS. The van der Waals surface area contributed by atoms with Gasteiger partial charge in [-0.2, -0.15) is 5.10 Å². The minimum atomic E-state index is -0.140. The molecule has 4 rings (SSSR count). The SMILES string of the molecule is Cc1c(C(=O)NCc2cccs2)cnc2c(-c3ccc(C(C)C)cc3)cnn12. The molecule has 1 aromatic carbocycles. The lowest BCUT2D eigenvalue weighted by atomic mass is 10.00. The fourth-order valence-electron chi connectivity index (χ4n) is 3.19. The molecule has 0 unspecified atom stereocenters. The van der Waals surface area contributed by atoms with Gasteiger partial charge in [-0.1, -0.05) is 44.2 Å². The van der Waals surface area contributed by atoms with Crippen LogP contribution >= 0.6 is 11.3 Å². The molecule has 3 aromatic heterocycles. The molecule has 5 nitrogen and oxygen atoms in total. The van der Waals surface area contributed by atoms with E-state index in [1.807, 2.05) is 30.6 Å². The van der Waals surface area contributed by atoms with Crippen molar-refractivity contribution in [2.75, 3.05) is 0 Å². The summed E-state index contributed by atoms with van der Waals surface area (Å²) in [5.41, 5.74) is 5.40. The van der Waals surface area contributed by atoms with Crippen LogP contribution in [0.5, 0.6) is 0 Å². The smallest absolute Gasteiger partial charge is 0.254 e. The Bertz CT molecular complexity index is 1110. The molecule has 0 aliphatic rings. The van der Waals surface area contributed by atoms with E-state index in [1.54, 1.807) is 22.0 Å². The molecule has 1 N–H and O–H groups in total. The number of rotatable bonds is 5. The number of carbonyl (C=O) groups is 1. The lowest BCUT2D eigenvalue weighted by molar-refractivity contribution is 0.0949. The summed E-state index contributed by atoms with van der Waals surface area (Å²) >= 11 is 1.62. The Kier molecular flexibility index (Phi) is 4.96. The molecule has 0 saturated heterocycles. The van der Waals surface area contributed by atoms with E-state index < -0.39 is 0 Å². The average molecular weight is 391 g/mol. The number of hydrogen-bond donors (Lipinski definition) is 1. The van der Waals surface area contributed by atoms with E-state index >= 15 is 0 Å². The predicted octanol–water partition coefficient (Wildman–Crippen LogP) is 4.82. The highest BCUT2D eigenvalue weighted by atomic mass is 32.1. The first kappa shape index (κ1) is 18.4. The predicted molar refractivity (Wildman–Crippen MR) is 113 cm³/mol. The summed E-state index contributed by atoms with van der Waals surface area (Å²) in [6, 6.07) is 12.5. The number of hydrogen-bond acceptors (Lipinski definition) is 4. The molecule has 0 saturated carbocycles. The van der Waals surface area contributed by atoms with Crippen molar-refractivity contribution in [3.63, 3.8) is 0 Å². The summed E-state index contributed by atoms with van der Waals surface area (Å²) in [6.45, 7) is 6.77. The lowest BCUT2D eigenvalue weighted by Gasteiger charge is -2.09. The van der Waals surface area contributed by atoms with Crippen LogP contribution in [0.1, 0.15) is 46.3 Å². The Morgan fingerprint density at radius 1 is 1.18 bits per heavy atom. The summed E-state index contributed by atoms with van der Waals surface area (Å²) < 4.78 is 1.74. The quantitative estimate of drug-likeness (QED) is 0.531. The zero-order chi connectivity index (χ0) is 19.7. The average Bonchev–Trinajstić information content (AvgIpc) is 3.36. The molecule has 6 heteroatoms. The normalized spacial score (nSPS) is 11.3. The first-order valence-electron chi connectivity index (χ1n) is 9.29. The Balaban J connectivity index is 1.62. The summed E-state index contributed by atoms with van der Waals surface area (Å²) in [5, 5.41) is 9.43. The van der Waals surface area contributed by atoms with Gasteiger partial charge in [0.2, 0.25) is 0 Å². The topological polar surface area (TPSA) is 59.3 Å². The third kappa shape index (κ3) is 3.43. The van der Waals surface area contributed by atoms with Crippen molar-refractivity contribution in [1.82, 2.24) is 19.9 Å². The number of nitrogens with one attached hydrogen (secondary N) is 1. The molecule has 1 amide bonds. The van der Waals surface area contributed by atoms with Crippen molar-refractivity contribution in [3.05, 3.63) is 75.9 Å². The highest BCUT2D eigenvalue weighted by molar-refractivity contribution is 7.09. The van der Waals surface area contributed by atoms with E-state index in [1.165, 1.54) is 5.56 Å². The first-order chi connectivity index (χ1) is 13.5. The number of fused-ring (bicyclic) bond motifs is 1. The van der Waals surface area contributed by atoms with Gasteiger partial charge in [0.15, 0.2) is 5.65 Å². The van der Waals surface area contributed by atoms with Crippen LogP contribution in [-0.2, 0) is 6.54 Å². The maximum absolute atomic E-state index is 12.6. The lowest BCUT2D eigenvalue weighted by Crippen LogP contribution is -2.24. The highest BCUT2D eigenvalue weighted by Crippen LogP contribution is 2.26. The van der Waals surface area contributed by atoms with Gasteiger partial charge in [0.1, 0.15) is 0 Å². The van der Waals surface area contributed by atoms with Crippen molar-refractivity contribution in [3.8, 4) is 11.1 Å². The Morgan fingerprint density at radius 3 is 2.64 bits per heavy atom. The van der Waals surface area contributed by atoms with Gasteiger partial charge in [-0.25, -0.2) is 9.50 Å². The molecule has 28 heavy (non-hydrogen) atoms. The largest absolute Gasteiger partial charge is 0.347 e. The van der Waals surface area contributed by atoms with Crippen LogP contribution in [0.2, 0.25) is 0 Å². The number of carbonyl (C=O) groups excluding carboxylic acids is 1. The van der Waals surface area contributed by atoms with Gasteiger partial charge in [-0.05, 0) is 35.4 Å². The third-order valence-corrected chi connectivity index (χ3v) is 5.78. The fourth-order valence-corrected chi connectivity index (χ4v) is 3.84. The van der Waals surface area contributed by atoms with E-state index in [2.05, 4.69) is 53.5 Å². The summed E-state index contributed by atoms with van der Waals surface area (Å²) in [4.78, 5) is 18.3. The monoisotopic (exact) mass is 390 g/mol. The zero-order valence-electron chi connectivity index (χ0n) is 16.1. The van der Waals surface area contributed by atoms with Crippen molar-refractivity contribution < 1.29 is 4.79 Å². The molecule has 0 aliphatic heterocycles. The number of aryl methyl sites for hydroxylation is 1. The van der Waals surface area contributed by atoms with E-state index in [-0.39, 0.29) is 5.91 Å². The molecule has 0 fully saturated rings. The molecule has 0 atom stereocenters. The van der Waals surface area contributed by atoms with Crippen molar-refractivity contribution in [2.45, 2.75) is 33.2 Å². The van der Waals surface area contributed by atoms with E-state index in [0.29, 0.717) is 18.0 Å².